The number of benzene rings is 6. The van der Waals surface area contributed by atoms with Crippen LogP contribution in [0.25, 0.3) is 87.5 Å². The Labute approximate surface area is 270 Å². The fourth-order valence-corrected chi connectivity index (χ4v) is 7.25. The van der Waals surface area contributed by atoms with Gasteiger partial charge in [0.2, 0.25) is 0 Å². The zero-order chi connectivity index (χ0) is 30.5. The minimum atomic E-state index is 0.637. The first kappa shape index (κ1) is 26.6. The molecule has 3 aromatic heterocycles. The van der Waals surface area contributed by atoms with Gasteiger partial charge in [0.1, 0.15) is 11.2 Å². The van der Waals surface area contributed by atoms with E-state index in [-0.39, 0.29) is 0 Å². The van der Waals surface area contributed by atoms with Crippen LogP contribution in [0.4, 0.5) is 0 Å². The maximum absolute atomic E-state index is 6.40. The average Bonchev–Trinajstić information content (AvgIpc) is 3.74. The van der Waals surface area contributed by atoms with Gasteiger partial charge < -0.3 is 4.42 Å². The Bertz CT molecular complexity index is 2480. The van der Waals surface area contributed by atoms with Crippen LogP contribution < -0.4 is 0 Å². The number of hydrogen-bond donors (Lipinski definition) is 0. The van der Waals surface area contributed by atoms with Gasteiger partial charge in [-0.3, -0.25) is 0 Å². The van der Waals surface area contributed by atoms with Crippen molar-refractivity contribution in [1.82, 2.24) is 9.97 Å². The first-order valence-corrected chi connectivity index (χ1v) is 16.1. The summed E-state index contributed by atoms with van der Waals surface area (Å²) in [5.41, 5.74) is 9.87. The highest BCUT2D eigenvalue weighted by molar-refractivity contribution is 7.22. The van der Waals surface area contributed by atoms with E-state index in [4.69, 9.17) is 14.4 Å². The van der Waals surface area contributed by atoms with E-state index in [0.717, 1.165) is 50.0 Å². The molecule has 0 amide bonds. The molecule has 6 aromatic carbocycles. The highest BCUT2D eigenvalue weighted by atomic mass is 32.1. The molecule has 216 valence electrons. The third kappa shape index (κ3) is 4.68. The Balaban J connectivity index is 1.18. The number of hydrogen-bond acceptors (Lipinski definition) is 4. The summed E-state index contributed by atoms with van der Waals surface area (Å²) >= 11 is 1.82. The summed E-state index contributed by atoms with van der Waals surface area (Å²) in [7, 11) is 0. The molecule has 0 aliphatic heterocycles. The molecule has 0 saturated carbocycles. The quantitative estimate of drug-likeness (QED) is 0.196. The number of nitrogens with zero attached hydrogens (tertiary/aromatic N) is 2. The predicted molar refractivity (Wildman–Crippen MR) is 192 cm³/mol. The lowest BCUT2D eigenvalue weighted by atomic mass is 10.0. The third-order valence-corrected chi connectivity index (χ3v) is 9.71. The Morgan fingerprint density at radius 3 is 1.83 bits per heavy atom. The van der Waals surface area contributed by atoms with Crippen LogP contribution >= 0.6 is 11.3 Å². The average molecular weight is 607 g/mol. The van der Waals surface area contributed by atoms with Crippen molar-refractivity contribution in [2.75, 3.05) is 0 Å². The Morgan fingerprint density at radius 2 is 1.07 bits per heavy atom. The number of thiophene rings is 1. The maximum Gasteiger partial charge on any atom is 0.164 e. The molecular formula is C42H26N2OS. The largest absolute Gasteiger partial charge is 0.455 e. The zero-order valence-electron chi connectivity index (χ0n) is 24.7. The van der Waals surface area contributed by atoms with Gasteiger partial charge in [-0.25, -0.2) is 9.97 Å². The molecule has 0 fully saturated rings. The smallest absolute Gasteiger partial charge is 0.164 e. The van der Waals surface area contributed by atoms with E-state index in [1.165, 1.54) is 31.7 Å². The van der Waals surface area contributed by atoms with Crippen LogP contribution in [0.5, 0.6) is 0 Å². The molecule has 0 radical (unpaired) electrons. The van der Waals surface area contributed by atoms with Crippen LogP contribution in [0.15, 0.2) is 162 Å². The molecule has 9 aromatic rings. The van der Waals surface area contributed by atoms with Crippen LogP contribution in [0.3, 0.4) is 0 Å². The lowest BCUT2D eigenvalue weighted by Gasteiger charge is -2.11. The second-order valence-corrected chi connectivity index (χ2v) is 12.5. The van der Waals surface area contributed by atoms with Crippen molar-refractivity contribution in [3.8, 4) is 55.5 Å². The van der Waals surface area contributed by atoms with Crippen molar-refractivity contribution in [3.05, 3.63) is 158 Å². The molecule has 46 heavy (non-hydrogen) atoms. The van der Waals surface area contributed by atoms with Gasteiger partial charge in [0, 0.05) is 31.5 Å². The summed E-state index contributed by atoms with van der Waals surface area (Å²) in [6.07, 6.45) is 0. The molecule has 3 heterocycles. The van der Waals surface area contributed by atoms with Crippen LogP contribution in [0.1, 0.15) is 0 Å². The van der Waals surface area contributed by atoms with Crippen molar-refractivity contribution >= 4 is 43.4 Å². The summed E-state index contributed by atoms with van der Waals surface area (Å²) in [6, 6.07) is 55.0. The molecule has 0 bridgehead atoms. The molecule has 0 unspecified atom stereocenters. The van der Waals surface area contributed by atoms with E-state index in [1.807, 2.05) is 35.6 Å². The molecule has 4 heteroatoms. The minimum Gasteiger partial charge on any atom is -0.455 e. The lowest BCUT2D eigenvalue weighted by molar-refractivity contribution is 0.669. The Hall–Kier alpha value is -5.84. The van der Waals surface area contributed by atoms with Gasteiger partial charge in [-0.1, -0.05) is 127 Å². The van der Waals surface area contributed by atoms with Gasteiger partial charge in [-0.05, 0) is 52.4 Å². The van der Waals surface area contributed by atoms with Gasteiger partial charge in [-0.15, -0.1) is 11.3 Å². The van der Waals surface area contributed by atoms with E-state index in [9.17, 15) is 0 Å². The van der Waals surface area contributed by atoms with Crippen LogP contribution in [0.2, 0.25) is 0 Å². The number of fused-ring (bicyclic) bond motifs is 4. The monoisotopic (exact) mass is 606 g/mol. The summed E-state index contributed by atoms with van der Waals surface area (Å²) < 4.78 is 7.70. The molecule has 9 rings (SSSR count). The summed E-state index contributed by atoms with van der Waals surface area (Å²) in [6.45, 7) is 0. The van der Waals surface area contributed by atoms with Gasteiger partial charge in [-0.2, -0.15) is 0 Å². The standard InChI is InChI=1S/C42H26N2OS/c1-2-9-27(10-3-1)28-17-19-29(20-18-28)36-26-37(30-21-23-31(24-22-30)40-25-32-11-4-7-16-39(32)46-40)44-42(43-36)35-14-8-13-34-33-12-5-6-15-38(33)45-41(34)35/h1-26H. The van der Waals surface area contributed by atoms with Crippen molar-refractivity contribution in [2.24, 2.45) is 0 Å². The van der Waals surface area contributed by atoms with Crippen molar-refractivity contribution in [1.29, 1.82) is 0 Å². The van der Waals surface area contributed by atoms with Crippen LogP contribution in [0, 0.1) is 0 Å². The van der Waals surface area contributed by atoms with Crippen molar-refractivity contribution in [2.45, 2.75) is 0 Å². The molecule has 0 spiro atoms. The molecule has 0 aliphatic carbocycles. The first-order valence-electron chi connectivity index (χ1n) is 15.3. The van der Waals surface area contributed by atoms with E-state index in [1.54, 1.807) is 0 Å². The fraction of sp³-hybridized carbons (Fsp3) is 0. The number of aromatic nitrogens is 2. The van der Waals surface area contributed by atoms with Crippen LogP contribution in [-0.4, -0.2) is 9.97 Å². The first-order chi connectivity index (χ1) is 22.8. The Kier molecular flexibility index (Phi) is 6.32. The second-order valence-electron chi connectivity index (χ2n) is 11.4. The third-order valence-electron chi connectivity index (χ3n) is 8.55. The SMILES string of the molecule is c1ccc(-c2ccc(-c3cc(-c4ccc(-c5cc6ccccc6s5)cc4)nc(-c4cccc5c4oc4ccccc45)n3)cc2)cc1. The Morgan fingerprint density at radius 1 is 0.457 bits per heavy atom. The van der Waals surface area contributed by atoms with Gasteiger partial charge in [0.05, 0.1) is 17.0 Å². The summed E-state index contributed by atoms with van der Waals surface area (Å²) in [4.78, 5) is 11.6. The van der Waals surface area contributed by atoms with Crippen molar-refractivity contribution in [3.63, 3.8) is 0 Å². The molecule has 0 aliphatic rings. The lowest BCUT2D eigenvalue weighted by Crippen LogP contribution is -1.96. The molecular weight excluding hydrogens is 581 g/mol. The van der Waals surface area contributed by atoms with Crippen molar-refractivity contribution < 1.29 is 4.42 Å². The highest BCUT2D eigenvalue weighted by Crippen LogP contribution is 2.38. The predicted octanol–water partition coefficient (Wildman–Crippen LogP) is 11.9. The number of rotatable bonds is 5. The maximum atomic E-state index is 6.40. The van der Waals surface area contributed by atoms with E-state index in [2.05, 4.69) is 133 Å². The van der Waals surface area contributed by atoms with E-state index < -0.39 is 0 Å². The summed E-state index contributed by atoms with van der Waals surface area (Å²) in [5.74, 6) is 0.637. The highest BCUT2D eigenvalue weighted by Gasteiger charge is 2.17. The normalized spacial score (nSPS) is 11.5. The number of para-hydroxylation sites is 2. The van der Waals surface area contributed by atoms with Gasteiger partial charge in [0.25, 0.3) is 0 Å². The molecule has 3 nitrogen and oxygen atoms in total. The van der Waals surface area contributed by atoms with Crippen LogP contribution in [-0.2, 0) is 0 Å². The molecule has 0 atom stereocenters. The second kappa shape index (κ2) is 11.0. The van der Waals surface area contributed by atoms with E-state index in [0.29, 0.717) is 5.82 Å². The minimum absolute atomic E-state index is 0.637. The number of furan rings is 1. The molecule has 0 N–H and O–H groups in total. The zero-order valence-corrected chi connectivity index (χ0v) is 25.5. The summed E-state index contributed by atoms with van der Waals surface area (Å²) in [5, 5.41) is 3.42. The molecule has 0 saturated heterocycles. The van der Waals surface area contributed by atoms with Gasteiger partial charge >= 0.3 is 0 Å². The fourth-order valence-electron chi connectivity index (χ4n) is 6.18. The topological polar surface area (TPSA) is 38.9 Å². The van der Waals surface area contributed by atoms with E-state index >= 15 is 0 Å². The van der Waals surface area contributed by atoms with Gasteiger partial charge in [0.15, 0.2) is 5.82 Å².